The van der Waals surface area contributed by atoms with Crippen LogP contribution in [0.25, 0.3) is 0 Å². The van der Waals surface area contributed by atoms with Gasteiger partial charge in [-0.3, -0.25) is 4.90 Å². The summed E-state index contributed by atoms with van der Waals surface area (Å²) in [7, 11) is 0. The minimum Gasteiger partial charge on any atom is -0.330 e. The normalized spacial score (nSPS) is 13.3. The first-order valence-corrected chi connectivity index (χ1v) is 8.16. The molecule has 0 saturated carbocycles. The highest BCUT2D eigenvalue weighted by Gasteiger charge is 2.26. The van der Waals surface area contributed by atoms with E-state index in [1.807, 2.05) is 0 Å². The van der Waals surface area contributed by atoms with Gasteiger partial charge >= 0.3 is 0 Å². The molecule has 0 aromatic rings. The van der Waals surface area contributed by atoms with Crippen LogP contribution in [-0.4, -0.2) is 30.6 Å². The van der Waals surface area contributed by atoms with Crippen molar-refractivity contribution in [1.29, 1.82) is 0 Å². The zero-order valence-corrected chi connectivity index (χ0v) is 14.5. The molecule has 0 spiro atoms. The van der Waals surface area contributed by atoms with E-state index in [0.29, 0.717) is 6.04 Å². The molecule has 0 radical (unpaired) electrons. The van der Waals surface area contributed by atoms with Crippen LogP contribution in [0.3, 0.4) is 0 Å². The quantitative estimate of drug-likeness (QED) is 0.646. The Kier molecular flexibility index (Phi) is 8.93. The van der Waals surface area contributed by atoms with Gasteiger partial charge in [-0.1, -0.05) is 48.5 Å². The molecule has 0 fully saturated rings. The molecule has 0 unspecified atom stereocenters. The lowest BCUT2D eigenvalue weighted by atomic mass is 9.89. The number of nitrogens with zero attached hydrogens (tertiary/aromatic N) is 1. The van der Waals surface area contributed by atoms with Crippen LogP contribution in [0, 0.1) is 17.3 Å². The Balaban J connectivity index is 4.82. The van der Waals surface area contributed by atoms with E-state index in [1.165, 1.54) is 25.8 Å². The number of hydrogen-bond acceptors (Lipinski definition) is 2. The average molecular weight is 271 g/mol. The molecular formula is C17H38N2. The molecule has 2 heteroatoms. The van der Waals surface area contributed by atoms with Gasteiger partial charge in [-0.05, 0) is 49.6 Å². The molecule has 0 aliphatic carbocycles. The van der Waals surface area contributed by atoms with Crippen LogP contribution in [-0.2, 0) is 0 Å². The molecule has 0 amide bonds. The summed E-state index contributed by atoms with van der Waals surface area (Å²) in [5, 5.41) is 0. The predicted molar refractivity (Wildman–Crippen MR) is 87.4 cm³/mol. The monoisotopic (exact) mass is 270 g/mol. The summed E-state index contributed by atoms with van der Waals surface area (Å²) in [4.78, 5) is 2.70. The Morgan fingerprint density at radius 1 is 1.00 bits per heavy atom. The third-order valence-electron chi connectivity index (χ3n) is 3.70. The van der Waals surface area contributed by atoms with E-state index in [-0.39, 0.29) is 5.41 Å². The molecule has 0 saturated heterocycles. The molecule has 116 valence electrons. The molecule has 0 heterocycles. The van der Waals surface area contributed by atoms with Gasteiger partial charge in [0.15, 0.2) is 0 Å². The summed E-state index contributed by atoms with van der Waals surface area (Å²) in [6.45, 7) is 19.3. The fourth-order valence-electron chi connectivity index (χ4n) is 2.77. The van der Waals surface area contributed by atoms with Gasteiger partial charge < -0.3 is 5.73 Å². The first kappa shape index (κ1) is 18.9. The largest absolute Gasteiger partial charge is 0.330 e. The van der Waals surface area contributed by atoms with Crippen molar-refractivity contribution in [2.75, 3.05) is 19.6 Å². The van der Waals surface area contributed by atoms with Crippen molar-refractivity contribution in [2.24, 2.45) is 23.0 Å². The highest BCUT2D eigenvalue weighted by atomic mass is 15.2. The highest BCUT2D eigenvalue weighted by Crippen LogP contribution is 2.24. The van der Waals surface area contributed by atoms with Gasteiger partial charge in [-0.2, -0.15) is 0 Å². The maximum Gasteiger partial charge on any atom is 0.0100 e. The summed E-state index contributed by atoms with van der Waals surface area (Å²) in [6, 6.07) is 0.714. The molecule has 19 heavy (non-hydrogen) atoms. The molecule has 0 atom stereocenters. The van der Waals surface area contributed by atoms with E-state index in [1.54, 1.807) is 0 Å². The molecule has 0 rings (SSSR count). The molecule has 0 aliphatic heterocycles. The van der Waals surface area contributed by atoms with Crippen molar-refractivity contribution >= 4 is 0 Å². The zero-order chi connectivity index (χ0) is 15.1. The van der Waals surface area contributed by atoms with Gasteiger partial charge in [0.2, 0.25) is 0 Å². The van der Waals surface area contributed by atoms with Crippen LogP contribution in [0.2, 0.25) is 0 Å². The van der Waals surface area contributed by atoms with Gasteiger partial charge in [-0.15, -0.1) is 0 Å². The molecule has 2 N–H and O–H groups in total. The Bertz CT molecular complexity index is 211. The molecular weight excluding hydrogens is 232 g/mol. The smallest absolute Gasteiger partial charge is 0.0100 e. The van der Waals surface area contributed by atoms with Gasteiger partial charge in [0.25, 0.3) is 0 Å². The Morgan fingerprint density at radius 3 is 1.79 bits per heavy atom. The van der Waals surface area contributed by atoms with E-state index < -0.39 is 0 Å². The predicted octanol–water partition coefficient (Wildman–Crippen LogP) is 4.14. The third-order valence-corrected chi connectivity index (χ3v) is 3.70. The Hall–Kier alpha value is -0.0800. The van der Waals surface area contributed by atoms with Crippen molar-refractivity contribution in [3.05, 3.63) is 0 Å². The molecule has 0 aliphatic rings. The molecule has 2 nitrogen and oxygen atoms in total. The minimum atomic E-state index is 0.224. The standard InChI is InChI=1S/C17H38N2/c1-8-9-19(13-17(6,7)12-18)16(10-14(2)3)11-15(4)5/h14-16H,8-13,18H2,1-7H3. The fraction of sp³-hybridized carbons (Fsp3) is 1.00. The van der Waals surface area contributed by atoms with E-state index in [4.69, 9.17) is 5.73 Å². The SMILES string of the molecule is CCCN(CC(C)(C)CN)C(CC(C)C)CC(C)C. The maximum absolute atomic E-state index is 5.93. The van der Waals surface area contributed by atoms with Gasteiger partial charge in [0.05, 0.1) is 0 Å². The molecule has 0 bridgehead atoms. The van der Waals surface area contributed by atoms with Crippen molar-refractivity contribution < 1.29 is 0 Å². The van der Waals surface area contributed by atoms with Crippen LogP contribution in [0.1, 0.15) is 67.7 Å². The van der Waals surface area contributed by atoms with Crippen LogP contribution in [0.15, 0.2) is 0 Å². The highest BCUT2D eigenvalue weighted by molar-refractivity contribution is 4.81. The first-order chi connectivity index (χ1) is 8.71. The Labute approximate surface area is 122 Å². The van der Waals surface area contributed by atoms with Crippen LogP contribution >= 0.6 is 0 Å². The summed E-state index contributed by atoms with van der Waals surface area (Å²) in [5.41, 5.74) is 6.15. The van der Waals surface area contributed by atoms with Crippen LogP contribution < -0.4 is 5.73 Å². The maximum atomic E-state index is 5.93. The van der Waals surface area contributed by atoms with Crippen molar-refractivity contribution in [2.45, 2.75) is 73.8 Å². The van der Waals surface area contributed by atoms with Crippen molar-refractivity contribution in [3.8, 4) is 0 Å². The minimum absolute atomic E-state index is 0.224. The van der Waals surface area contributed by atoms with Gasteiger partial charge in [0.1, 0.15) is 0 Å². The molecule has 0 aromatic heterocycles. The third kappa shape index (κ3) is 8.65. The second-order valence-corrected chi connectivity index (χ2v) is 7.75. The average Bonchev–Trinajstić information content (AvgIpc) is 2.26. The topological polar surface area (TPSA) is 29.3 Å². The summed E-state index contributed by atoms with van der Waals surface area (Å²) in [5.74, 6) is 1.54. The lowest BCUT2D eigenvalue weighted by Crippen LogP contribution is -2.45. The second kappa shape index (κ2) is 8.97. The number of nitrogens with two attached hydrogens (primary N) is 1. The van der Waals surface area contributed by atoms with Gasteiger partial charge in [-0.25, -0.2) is 0 Å². The lowest BCUT2D eigenvalue weighted by Gasteiger charge is -2.39. The Morgan fingerprint density at radius 2 is 1.47 bits per heavy atom. The lowest BCUT2D eigenvalue weighted by molar-refractivity contribution is 0.104. The van der Waals surface area contributed by atoms with Crippen molar-refractivity contribution in [1.82, 2.24) is 4.90 Å². The summed E-state index contributed by atoms with van der Waals surface area (Å²) in [6.07, 6.45) is 3.84. The fourth-order valence-corrected chi connectivity index (χ4v) is 2.77. The number of rotatable bonds is 10. The van der Waals surface area contributed by atoms with E-state index in [0.717, 1.165) is 24.9 Å². The van der Waals surface area contributed by atoms with Crippen LogP contribution in [0.5, 0.6) is 0 Å². The summed E-state index contributed by atoms with van der Waals surface area (Å²) >= 11 is 0. The van der Waals surface area contributed by atoms with E-state index >= 15 is 0 Å². The van der Waals surface area contributed by atoms with Crippen LogP contribution in [0.4, 0.5) is 0 Å². The van der Waals surface area contributed by atoms with E-state index in [2.05, 4.69) is 53.4 Å². The summed E-state index contributed by atoms with van der Waals surface area (Å²) < 4.78 is 0. The number of hydrogen-bond donors (Lipinski definition) is 1. The first-order valence-electron chi connectivity index (χ1n) is 8.16. The van der Waals surface area contributed by atoms with Gasteiger partial charge in [0, 0.05) is 12.6 Å². The zero-order valence-electron chi connectivity index (χ0n) is 14.5. The molecule has 0 aromatic carbocycles. The van der Waals surface area contributed by atoms with Crippen molar-refractivity contribution in [3.63, 3.8) is 0 Å². The van der Waals surface area contributed by atoms with E-state index in [9.17, 15) is 0 Å². The second-order valence-electron chi connectivity index (χ2n) is 7.75.